The van der Waals surface area contributed by atoms with Gasteiger partial charge < -0.3 is 5.73 Å². The summed E-state index contributed by atoms with van der Waals surface area (Å²) in [6, 6.07) is 0. The Hall–Kier alpha value is -1.91. The van der Waals surface area contributed by atoms with E-state index >= 15 is 0 Å². The molecule has 5 heteroatoms. The third-order valence-electron chi connectivity index (χ3n) is 3.59. The van der Waals surface area contributed by atoms with Crippen molar-refractivity contribution in [1.29, 1.82) is 0 Å². The van der Waals surface area contributed by atoms with Crippen molar-refractivity contribution in [2.24, 2.45) is 5.92 Å². The maximum Gasteiger partial charge on any atom is 0.186 e. The zero-order valence-corrected chi connectivity index (χ0v) is 10.3. The third-order valence-corrected chi connectivity index (χ3v) is 3.59. The van der Waals surface area contributed by atoms with E-state index in [1.54, 1.807) is 0 Å². The van der Waals surface area contributed by atoms with E-state index in [4.69, 9.17) is 5.73 Å². The minimum atomic E-state index is 0.483. The van der Waals surface area contributed by atoms with E-state index in [1.165, 1.54) is 38.4 Å². The van der Waals surface area contributed by atoms with E-state index in [2.05, 4.69) is 32.3 Å². The molecule has 0 radical (unpaired) electrons. The lowest BCUT2D eigenvalue weighted by atomic mass is 9.89. The van der Waals surface area contributed by atoms with Crippen molar-refractivity contribution in [2.45, 2.75) is 32.1 Å². The van der Waals surface area contributed by atoms with Crippen LogP contribution in [-0.2, 0) is 0 Å². The molecule has 1 fully saturated rings. The molecule has 3 rings (SSSR count). The van der Waals surface area contributed by atoms with Gasteiger partial charge in [0, 0.05) is 0 Å². The molecule has 0 aromatic carbocycles. The molecule has 94 valence electrons. The summed E-state index contributed by atoms with van der Waals surface area (Å²) in [6.45, 7) is 0. The first-order valence-electron chi connectivity index (χ1n) is 6.47. The van der Waals surface area contributed by atoms with Crippen LogP contribution in [0.15, 0.2) is 12.4 Å². The average molecular weight is 243 g/mol. The molecule has 0 atom stereocenters. The molecular formula is C13H17N5. The van der Waals surface area contributed by atoms with Crippen LogP contribution in [0.2, 0.25) is 0 Å². The number of rotatable bonds is 2. The zero-order valence-electron chi connectivity index (χ0n) is 10.3. The molecule has 1 saturated carbocycles. The number of aromatic amines is 1. The van der Waals surface area contributed by atoms with Gasteiger partial charge in [0.15, 0.2) is 5.65 Å². The van der Waals surface area contributed by atoms with Crippen molar-refractivity contribution in [1.82, 2.24) is 20.2 Å². The van der Waals surface area contributed by atoms with Gasteiger partial charge in [-0.25, -0.2) is 9.97 Å². The Balaban J connectivity index is 1.88. The van der Waals surface area contributed by atoms with E-state index in [0.717, 1.165) is 11.1 Å². The van der Waals surface area contributed by atoms with E-state index in [0.29, 0.717) is 17.4 Å². The number of nitrogens with two attached hydrogens (primary N) is 1. The van der Waals surface area contributed by atoms with Gasteiger partial charge in [-0.3, -0.25) is 5.10 Å². The highest BCUT2D eigenvalue weighted by molar-refractivity contribution is 5.92. The molecule has 2 aromatic rings. The van der Waals surface area contributed by atoms with Gasteiger partial charge in [0.1, 0.15) is 12.1 Å². The third kappa shape index (κ3) is 2.08. The van der Waals surface area contributed by atoms with Gasteiger partial charge in [0.2, 0.25) is 0 Å². The number of fused-ring (bicyclic) bond motifs is 1. The second-order valence-corrected chi connectivity index (χ2v) is 4.85. The molecule has 0 bridgehead atoms. The highest BCUT2D eigenvalue weighted by Crippen LogP contribution is 2.26. The molecule has 1 aliphatic rings. The van der Waals surface area contributed by atoms with Crippen molar-refractivity contribution < 1.29 is 0 Å². The van der Waals surface area contributed by atoms with Crippen LogP contribution in [0.1, 0.15) is 37.8 Å². The van der Waals surface area contributed by atoms with E-state index < -0.39 is 0 Å². The highest BCUT2D eigenvalue weighted by Gasteiger charge is 2.11. The molecule has 0 spiro atoms. The molecule has 2 aromatic heterocycles. The molecule has 5 nitrogen and oxygen atoms in total. The maximum atomic E-state index is 5.87. The summed E-state index contributed by atoms with van der Waals surface area (Å²) in [5.74, 6) is 1.17. The molecule has 3 N–H and O–H groups in total. The van der Waals surface area contributed by atoms with Crippen molar-refractivity contribution in [3.63, 3.8) is 0 Å². The predicted octanol–water partition coefficient (Wildman–Crippen LogP) is 2.53. The highest BCUT2D eigenvalue weighted by atomic mass is 15.2. The van der Waals surface area contributed by atoms with Crippen molar-refractivity contribution >= 4 is 22.9 Å². The Morgan fingerprint density at radius 1 is 1.22 bits per heavy atom. The van der Waals surface area contributed by atoms with Crippen LogP contribution >= 0.6 is 0 Å². The van der Waals surface area contributed by atoms with Crippen molar-refractivity contribution in [2.75, 3.05) is 5.73 Å². The first-order chi connectivity index (χ1) is 8.84. The number of anilines is 1. The van der Waals surface area contributed by atoms with E-state index in [-0.39, 0.29) is 0 Å². The Morgan fingerprint density at radius 2 is 2.06 bits per heavy atom. The van der Waals surface area contributed by atoms with Crippen LogP contribution < -0.4 is 5.73 Å². The van der Waals surface area contributed by atoms with E-state index in [9.17, 15) is 0 Å². The number of hydrogen-bond donors (Lipinski definition) is 2. The second kappa shape index (κ2) is 4.76. The van der Waals surface area contributed by atoms with Crippen LogP contribution in [0, 0.1) is 5.92 Å². The first-order valence-corrected chi connectivity index (χ1v) is 6.47. The number of aromatic nitrogens is 4. The number of nitrogens with one attached hydrogen (secondary N) is 1. The van der Waals surface area contributed by atoms with E-state index in [1.807, 2.05) is 0 Å². The molecule has 2 heterocycles. The quantitative estimate of drug-likeness (QED) is 0.849. The second-order valence-electron chi connectivity index (χ2n) is 4.85. The summed E-state index contributed by atoms with van der Waals surface area (Å²) in [5, 5.41) is 7.93. The molecular weight excluding hydrogens is 226 g/mol. The predicted molar refractivity (Wildman–Crippen MR) is 71.7 cm³/mol. The van der Waals surface area contributed by atoms with Gasteiger partial charge >= 0.3 is 0 Å². The fraction of sp³-hybridized carbons (Fsp3) is 0.462. The Labute approximate surface area is 106 Å². The lowest BCUT2D eigenvalue weighted by molar-refractivity contribution is 0.420. The van der Waals surface area contributed by atoms with Gasteiger partial charge in [-0.1, -0.05) is 25.3 Å². The van der Waals surface area contributed by atoms with Gasteiger partial charge in [-0.2, -0.15) is 5.10 Å². The van der Waals surface area contributed by atoms with Crippen molar-refractivity contribution in [3.8, 4) is 0 Å². The normalized spacial score (nSPS) is 17.8. The maximum absolute atomic E-state index is 5.87. The van der Waals surface area contributed by atoms with Gasteiger partial charge in [0.05, 0.1) is 11.1 Å². The van der Waals surface area contributed by atoms with Crippen LogP contribution in [0.3, 0.4) is 0 Å². The van der Waals surface area contributed by atoms with Crippen LogP contribution in [-0.4, -0.2) is 20.2 Å². The van der Waals surface area contributed by atoms with Gasteiger partial charge in [-0.05, 0) is 24.8 Å². The number of nitrogens with zero attached hydrogens (tertiary/aromatic N) is 3. The lowest BCUT2D eigenvalue weighted by Crippen LogP contribution is -2.02. The Bertz CT molecular complexity index is 566. The lowest BCUT2D eigenvalue weighted by Gasteiger charge is -2.17. The Kier molecular flexibility index (Phi) is 2.96. The monoisotopic (exact) mass is 243 g/mol. The molecule has 0 unspecified atom stereocenters. The Morgan fingerprint density at radius 3 is 2.89 bits per heavy atom. The fourth-order valence-electron chi connectivity index (χ4n) is 2.58. The minimum Gasteiger partial charge on any atom is -0.383 e. The number of hydrogen-bond acceptors (Lipinski definition) is 4. The average Bonchev–Trinajstić information content (AvgIpc) is 2.82. The molecule has 0 amide bonds. The van der Waals surface area contributed by atoms with Crippen LogP contribution in [0.4, 0.5) is 5.82 Å². The number of H-pyrrole nitrogens is 1. The van der Waals surface area contributed by atoms with Gasteiger partial charge in [0.25, 0.3) is 0 Å². The molecule has 0 aliphatic heterocycles. The number of allylic oxidation sites excluding steroid dienone is 1. The standard InChI is InChI=1S/C13H17N5/c14-12-11-10(17-18-13(11)16-8-15-12)7-6-9-4-2-1-3-5-9/h6-9H,1-5H2,(H3,14,15,16,17,18)/b7-6+. The summed E-state index contributed by atoms with van der Waals surface area (Å²) >= 11 is 0. The smallest absolute Gasteiger partial charge is 0.186 e. The molecule has 18 heavy (non-hydrogen) atoms. The topological polar surface area (TPSA) is 80.5 Å². The summed E-state index contributed by atoms with van der Waals surface area (Å²) in [5.41, 5.74) is 7.41. The zero-order chi connectivity index (χ0) is 12.4. The fourth-order valence-corrected chi connectivity index (χ4v) is 2.58. The molecule has 0 saturated heterocycles. The van der Waals surface area contributed by atoms with Crippen molar-refractivity contribution in [3.05, 3.63) is 18.1 Å². The largest absolute Gasteiger partial charge is 0.383 e. The summed E-state index contributed by atoms with van der Waals surface area (Å²) in [7, 11) is 0. The minimum absolute atomic E-state index is 0.483. The van der Waals surface area contributed by atoms with Crippen LogP contribution in [0.25, 0.3) is 17.1 Å². The summed E-state index contributed by atoms with van der Waals surface area (Å²) in [6.07, 6.45) is 12.4. The summed E-state index contributed by atoms with van der Waals surface area (Å²) < 4.78 is 0. The van der Waals surface area contributed by atoms with Crippen LogP contribution in [0.5, 0.6) is 0 Å². The van der Waals surface area contributed by atoms with Gasteiger partial charge in [-0.15, -0.1) is 0 Å². The first kappa shape index (κ1) is 11.2. The molecule has 1 aliphatic carbocycles. The summed E-state index contributed by atoms with van der Waals surface area (Å²) in [4.78, 5) is 8.10. The number of nitrogen functional groups attached to an aromatic ring is 1. The SMILES string of the molecule is Nc1ncnc2n[nH]c(/C=C/C3CCCCC3)c12.